The number of nitrogens with two attached hydrogens (primary N) is 1. The number of para-hydroxylation sites is 1. The Morgan fingerprint density at radius 1 is 1.22 bits per heavy atom. The number of rotatable bonds is 3. The lowest BCUT2D eigenvalue weighted by Gasteiger charge is -2.16. The first-order valence-electron chi connectivity index (χ1n) is 5.47. The van der Waals surface area contributed by atoms with E-state index in [-0.39, 0.29) is 11.9 Å². The van der Waals surface area contributed by atoms with Crippen molar-refractivity contribution in [2.45, 2.75) is 6.04 Å². The molecular weight excluding hydrogens is 297 g/mol. The molecule has 94 valence electrons. The monoisotopic (exact) mass is 309 g/mol. The maximum absolute atomic E-state index is 13.2. The molecule has 0 heterocycles. The molecule has 0 fully saturated rings. The van der Waals surface area contributed by atoms with E-state index in [1.54, 1.807) is 19.2 Å². The average Bonchev–Trinajstić information content (AvgIpc) is 2.41. The molecule has 0 aliphatic carbocycles. The van der Waals surface area contributed by atoms with Crippen LogP contribution in [0.1, 0.15) is 17.2 Å². The Morgan fingerprint density at radius 3 is 2.61 bits per heavy atom. The predicted molar refractivity (Wildman–Crippen MR) is 73.1 cm³/mol. The standard InChI is InChI=1S/C14H13BrFNO/c1-18-13-5-3-2-4-10(13)14(17)9-6-7-12(16)11(15)8-9/h2-8,14H,17H2,1H3. The van der Waals surface area contributed by atoms with Crippen molar-refractivity contribution in [1.82, 2.24) is 0 Å². The van der Waals surface area contributed by atoms with Gasteiger partial charge in [-0.2, -0.15) is 0 Å². The molecule has 1 unspecified atom stereocenters. The van der Waals surface area contributed by atoms with Crippen LogP contribution in [-0.2, 0) is 0 Å². The fraction of sp³-hybridized carbons (Fsp3) is 0.143. The third-order valence-electron chi connectivity index (χ3n) is 2.78. The van der Waals surface area contributed by atoms with Gasteiger partial charge in [0.25, 0.3) is 0 Å². The predicted octanol–water partition coefficient (Wildman–Crippen LogP) is 3.64. The van der Waals surface area contributed by atoms with Gasteiger partial charge in [0.15, 0.2) is 0 Å². The molecule has 2 aromatic rings. The zero-order chi connectivity index (χ0) is 13.1. The largest absolute Gasteiger partial charge is 0.496 e. The van der Waals surface area contributed by atoms with E-state index in [1.165, 1.54) is 6.07 Å². The van der Waals surface area contributed by atoms with Crippen molar-refractivity contribution < 1.29 is 9.13 Å². The first-order chi connectivity index (χ1) is 8.63. The molecule has 4 heteroatoms. The number of hydrogen-bond acceptors (Lipinski definition) is 2. The number of halogens is 2. The van der Waals surface area contributed by atoms with E-state index in [4.69, 9.17) is 10.5 Å². The van der Waals surface area contributed by atoms with Crippen LogP contribution in [0.15, 0.2) is 46.9 Å². The summed E-state index contributed by atoms with van der Waals surface area (Å²) in [4.78, 5) is 0. The van der Waals surface area contributed by atoms with Gasteiger partial charge in [0, 0.05) is 5.56 Å². The Bertz CT molecular complexity index is 559. The summed E-state index contributed by atoms with van der Waals surface area (Å²) < 4.78 is 18.9. The summed E-state index contributed by atoms with van der Waals surface area (Å²) in [5.74, 6) is 0.427. The highest BCUT2D eigenvalue weighted by atomic mass is 79.9. The highest BCUT2D eigenvalue weighted by Crippen LogP contribution is 2.29. The van der Waals surface area contributed by atoms with E-state index in [0.29, 0.717) is 4.47 Å². The second kappa shape index (κ2) is 5.50. The van der Waals surface area contributed by atoms with Crippen LogP contribution in [0.3, 0.4) is 0 Å². The van der Waals surface area contributed by atoms with E-state index >= 15 is 0 Å². The smallest absolute Gasteiger partial charge is 0.137 e. The van der Waals surface area contributed by atoms with Crippen LogP contribution < -0.4 is 10.5 Å². The van der Waals surface area contributed by atoms with Gasteiger partial charge in [-0.15, -0.1) is 0 Å². The third-order valence-corrected chi connectivity index (χ3v) is 3.38. The number of ether oxygens (including phenoxy) is 1. The second-order valence-corrected chi connectivity index (χ2v) is 4.75. The minimum atomic E-state index is -0.349. The van der Waals surface area contributed by atoms with Gasteiger partial charge in [0.05, 0.1) is 17.6 Å². The van der Waals surface area contributed by atoms with Crippen LogP contribution in [0.5, 0.6) is 5.75 Å². The van der Waals surface area contributed by atoms with Crippen LogP contribution in [0.2, 0.25) is 0 Å². The summed E-state index contributed by atoms with van der Waals surface area (Å²) in [5.41, 5.74) is 7.89. The number of hydrogen-bond donors (Lipinski definition) is 1. The zero-order valence-electron chi connectivity index (χ0n) is 9.86. The van der Waals surface area contributed by atoms with E-state index in [9.17, 15) is 4.39 Å². The van der Waals surface area contributed by atoms with E-state index in [0.717, 1.165) is 16.9 Å². The van der Waals surface area contributed by atoms with Gasteiger partial charge in [0.2, 0.25) is 0 Å². The van der Waals surface area contributed by atoms with Crippen molar-refractivity contribution in [3.63, 3.8) is 0 Å². The van der Waals surface area contributed by atoms with E-state index in [1.807, 2.05) is 24.3 Å². The molecule has 0 spiro atoms. The molecule has 0 aliphatic heterocycles. The lowest BCUT2D eigenvalue weighted by atomic mass is 9.99. The van der Waals surface area contributed by atoms with Crippen LogP contribution in [-0.4, -0.2) is 7.11 Å². The second-order valence-electron chi connectivity index (χ2n) is 3.89. The maximum Gasteiger partial charge on any atom is 0.137 e. The van der Waals surface area contributed by atoms with Gasteiger partial charge in [-0.1, -0.05) is 24.3 Å². The molecule has 0 radical (unpaired) electrons. The Morgan fingerprint density at radius 2 is 1.94 bits per heavy atom. The van der Waals surface area contributed by atoms with Crippen LogP contribution in [0, 0.1) is 5.82 Å². The fourth-order valence-electron chi connectivity index (χ4n) is 1.81. The normalized spacial score (nSPS) is 12.2. The quantitative estimate of drug-likeness (QED) is 0.939. The highest BCUT2D eigenvalue weighted by Gasteiger charge is 2.14. The lowest BCUT2D eigenvalue weighted by molar-refractivity contribution is 0.408. The Balaban J connectivity index is 2.41. The molecular formula is C14H13BrFNO. The fourth-order valence-corrected chi connectivity index (χ4v) is 2.21. The Hall–Kier alpha value is -1.39. The van der Waals surface area contributed by atoms with Gasteiger partial charge < -0.3 is 10.5 Å². The van der Waals surface area contributed by atoms with E-state index in [2.05, 4.69) is 15.9 Å². The van der Waals surface area contributed by atoms with Gasteiger partial charge in [0.1, 0.15) is 11.6 Å². The molecule has 0 saturated carbocycles. The van der Waals surface area contributed by atoms with Gasteiger partial charge in [-0.05, 0) is 39.7 Å². The number of benzene rings is 2. The summed E-state index contributed by atoms with van der Waals surface area (Å²) in [5, 5.41) is 0. The molecule has 0 saturated heterocycles. The molecule has 2 rings (SSSR count). The summed E-state index contributed by atoms with van der Waals surface area (Å²) in [6.07, 6.45) is 0. The van der Waals surface area contributed by atoms with Crippen molar-refractivity contribution in [3.8, 4) is 5.75 Å². The Labute approximate surface area is 114 Å². The summed E-state index contributed by atoms with van der Waals surface area (Å²) in [6.45, 7) is 0. The molecule has 2 N–H and O–H groups in total. The first kappa shape index (κ1) is 13.1. The SMILES string of the molecule is COc1ccccc1C(N)c1ccc(F)c(Br)c1. The van der Waals surface area contributed by atoms with Crippen LogP contribution >= 0.6 is 15.9 Å². The van der Waals surface area contributed by atoms with Crippen LogP contribution in [0.25, 0.3) is 0 Å². The van der Waals surface area contributed by atoms with Gasteiger partial charge in [-0.3, -0.25) is 0 Å². The molecule has 0 aliphatic rings. The molecule has 2 aromatic carbocycles. The van der Waals surface area contributed by atoms with Crippen molar-refractivity contribution in [2.75, 3.05) is 7.11 Å². The van der Waals surface area contributed by atoms with Crippen molar-refractivity contribution in [1.29, 1.82) is 0 Å². The zero-order valence-corrected chi connectivity index (χ0v) is 11.4. The van der Waals surface area contributed by atoms with Crippen molar-refractivity contribution in [3.05, 3.63) is 63.9 Å². The third kappa shape index (κ3) is 2.54. The molecule has 1 atom stereocenters. The minimum absolute atomic E-state index is 0.300. The maximum atomic E-state index is 13.2. The van der Waals surface area contributed by atoms with Crippen molar-refractivity contribution >= 4 is 15.9 Å². The highest BCUT2D eigenvalue weighted by molar-refractivity contribution is 9.10. The summed E-state index contributed by atoms with van der Waals surface area (Å²) in [7, 11) is 1.60. The summed E-state index contributed by atoms with van der Waals surface area (Å²) in [6, 6.07) is 12.0. The molecule has 0 amide bonds. The Kier molecular flexibility index (Phi) is 3.99. The topological polar surface area (TPSA) is 35.2 Å². The van der Waals surface area contributed by atoms with Crippen LogP contribution in [0.4, 0.5) is 4.39 Å². The first-order valence-corrected chi connectivity index (χ1v) is 6.26. The van der Waals surface area contributed by atoms with Gasteiger partial charge in [-0.25, -0.2) is 4.39 Å². The average molecular weight is 310 g/mol. The molecule has 0 aromatic heterocycles. The van der Waals surface area contributed by atoms with Gasteiger partial charge >= 0.3 is 0 Å². The number of methoxy groups -OCH3 is 1. The minimum Gasteiger partial charge on any atom is -0.496 e. The molecule has 2 nitrogen and oxygen atoms in total. The molecule has 18 heavy (non-hydrogen) atoms. The lowest BCUT2D eigenvalue weighted by Crippen LogP contribution is -2.13. The van der Waals surface area contributed by atoms with E-state index < -0.39 is 0 Å². The van der Waals surface area contributed by atoms with Crippen molar-refractivity contribution in [2.24, 2.45) is 5.73 Å². The molecule has 0 bridgehead atoms. The summed E-state index contributed by atoms with van der Waals surface area (Å²) >= 11 is 3.16.